The number of nitrogens with two attached hydrogens (primary N) is 1. The summed E-state index contributed by atoms with van der Waals surface area (Å²) in [7, 11) is 0. The molecule has 2 rings (SSSR count). The Bertz CT molecular complexity index is 638. The van der Waals surface area contributed by atoms with Crippen LogP contribution in [0.25, 0.3) is 5.69 Å². The molecule has 0 saturated heterocycles. The zero-order chi connectivity index (χ0) is 14.3. The van der Waals surface area contributed by atoms with Crippen LogP contribution in [0.2, 0.25) is 0 Å². The third-order valence-corrected chi connectivity index (χ3v) is 3.46. The average molecular weight is 334 g/mol. The molecule has 0 amide bonds. The second-order valence-corrected chi connectivity index (χ2v) is 5.16. The first-order valence-electron chi connectivity index (χ1n) is 5.51. The van der Waals surface area contributed by atoms with Gasteiger partial charge in [-0.3, -0.25) is 0 Å². The van der Waals surface area contributed by atoms with Gasteiger partial charge in [-0.15, -0.1) is 0 Å². The van der Waals surface area contributed by atoms with E-state index in [0.717, 1.165) is 10.7 Å². The number of aromatic nitrogens is 2. The van der Waals surface area contributed by atoms with Crippen molar-refractivity contribution in [2.24, 2.45) is 0 Å². The zero-order valence-corrected chi connectivity index (χ0v) is 11.8. The Morgan fingerprint density at radius 1 is 1.16 bits per heavy atom. The predicted molar refractivity (Wildman–Crippen MR) is 69.6 cm³/mol. The maximum atomic E-state index is 13.7. The highest BCUT2D eigenvalue weighted by Crippen LogP contribution is 2.32. The largest absolute Gasteiger partial charge is 0.383 e. The van der Waals surface area contributed by atoms with Crippen molar-refractivity contribution in [2.45, 2.75) is 19.8 Å². The minimum atomic E-state index is -1.25. The van der Waals surface area contributed by atoms with Crippen LogP contribution in [0, 0.1) is 17.5 Å². The van der Waals surface area contributed by atoms with Gasteiger partial charge in [-0.2, -0.15) is 5.10 Å². The fourth-order valence-electron chi connectivity index (χ4n) is 1.66. The molecule has 0 bridgehead atoms. The number of benzene rings is 1. The number of halogens is 4. The lowest BCUT2D eigenvalue weighted by molar-refractivity contribution is 0.491. The van der Waals surface area contributed by atoms with Crippen molar-refractivity contribution in [1.29, 1.82) is 0 Å². The highest BCUT2D eigenvalue weighted by molar-refractivity contribution is 9.10. The van der Waals surface area contributed by atoms with Gasteiger partial charge < -0.3 is 5.73 Å². The van der Waals surface area contributed by atoms with Gasteiger partial charge in [0.05, 0.1) is 10.2 Å². The molecule has 0 unspecified atom stereocenters. The van der Waals surface area contributed by atoms with E-state index in [4.69, 9.17) is 5.73 Å². The molecule has 0 spiro atoms. The highest BCUT2D eigenvalue weighted by Gasteiger charge is 2.20. The van der Waals surface area contributed by atoms with Gasteiger partial charge in [0.15, 0.2) is 17.5 Å². The molecular formula is C12H11BrF3N3. The minimum absolute atomic E-state index is 0.0475. The number of nitrogens with zero attached hydrogens (tertiary/aromatic N) is 2. The van der Waals surface area contributed by atoms with E-state index in [1.54, 1.807) is 0 Å². The average Bonchev–Trinajstić information content (AvgIpc) is 2.62. The summed E-state index contributed by atoms with van der Waals surface area (Å²) in [6, 6.07) is 1.19. The standard InChI is InChI=1S/C12H11BrF3N3/c1-5(2)11-10(13)12(17)19(18-11)9-4-7(15)6(14)3-8(9)16/h3-5H,17H2,1-2H3. The summed E-state index contributed by atoms with van der Waals surface area (Å²) < 4.78 is 41.4. The molecule has 0 radical (unpaired) electrons. The van der Waals surface area contributed by atoms with E-state index < -0.39 is 17.5 Å². The van der Waals surface area contributed by atoms with Crippen molar-refractivity contribution in [2.75, 3.05) is 5.73 Å². The fourth-order valence-corrected chi connectivity index (χ4v) is 2.36. The quantitative estimate of drug-likeness (QED) is 0.850. The van der Waals surface area contributed by atoms with Crippen molar-refractivity contribution < 1.29 is 13.2 Å². The molecule has 0 aliphatic heterocycles. The van der Waals surface area contributed by atoms with Gasteiger partial charge in [0.1, 0.15) is 11.5 Å². The first-order chi connectivity index (χ1) is 8.82. The Kier molecular flexibility index (Phi) is 3.58. The molecule has 7 heteroatoms. The van der Waals surface area contributed by atoms with Crippen molar-refractivity contribution in [3.8, 4) is 5.69 Å². The molecule has 2 aromatic rings. The van der Waals surface area contributed by atoms with Gasteiger partial charge in [-0.1, -0.05) is 13.8 Å². The molecule has 0 fully saturated rings. The van der Waals surface area contributed by atoms with Gasteiger partial charge >= 0.3 is 0 Å². The Morgan fingerprint density at radius 2 is 1.74 bits per heavy atom. The van der Waals surface area contributed by atoms with Crippen LogP contribution in [0.4, 0.5) is 19.0 Å². The van der Waals surface area contributed by atoms with Crippen LogP contribution in [0.15, 0.2) is 16.6 Å². The Hall–Kier alpha value is -1.50. The fraction of sp³-hybridized carbons (Fsp3) is 0.250. The molecule has 102 valence electrons. The van der Waals surface area contributed by atoms with E-state index in [1.807, 2.05) is 13.8 Å². The van der Waals surface area contributed by atoms with E-state index in [1.165, 1.54) is 0 Å². The second-order valence-electron chi connectivity index (χ2n) is 4.37. The Labute approximate surface area is 116 Å². The van der Waals surface area contributed by atoms with Crippen LogP contribution in [0.3, 0.4) is 0 Å². The maximum Gasteiger partial charge on any atom is 0.161 e. The normalized spacial score (nSPS) is 11.3. The lowest BCUT2D eigenvalue weighted by Crippen LogP contribution is -2.06. The van der Waals surface area contributed by atoms with Crippen LogP contribution in [-0.2, 0) is 0 Å². The lowest BCUT2D eigenvalue weighted by atomic mass is 10.1. The van der Waals surface area contributed by atoms with E-state index in [0.29, 0.717) is 16.2 Å². The van der Waals surface area contributed by atoms with E-state index in [9.17, 15) is 13.2 Å². The molecule has 1 aromatic heterocycles. The summed E-state index contributed by atoms with van der Waals surface area (Å²) in [6.07, 6.45) is 0. The summed E-state index contributed by atoms with van der Waals surface area (Å²) in [4.78, 5) is 0. The van der Waals surface area contributed by atoms with Crippen molar-refractivity contribution in [1.82, 2.24) is 9.78 Å². The first-order valence-corrected chi connectivity index (χ1v) is 6.31. The second kappa shape index (κ2) is 4.88. The smallest absolute Gasteiger partial charge is 0.161 e. The molecule has 0 saturated carbocycles. The molecule has 3 nitrogen and oxygen atoms in total. The SMILES string of the molecule is CC(C)c1nn(-c2cc(F)c(F)cc2F)c(N)c1Br. The van der Waals surface area contributed by atoms with Crippen LogP contribution < -0.4 is 5.73 Å². The number of anilines is 1. The maximum absolute atomic E-state index is 13.7. The van der Waals surface area contributed by atoms with Crippen LogP contribution >= 0.6 is 15.9 Å². The summed E-state index contributed by atoms with van der Waals surface area (Å²) >= 11 is 3.26. The van der Waals surface area contributed by atoms with Crippen LogP contribution in [-0.4, -0.2) is 9.78 Å². The van der Waals surface area contributed by atoms with E-state index >= 15 is 0 Å². The molecule has 0 aliphatic rings. The number of nitrogen functional groups attached to an aromatic ring is 1. The van der Waals surface area contributed by atoms with Crippen molar-refractivity contribution >= 4 is 21.7 Å². The topological polar surface area (TPSA) is 43.8 Å². The van der Waals surface area contributed by atoms with E-state index in [-0.39, 0.29) is 17.4 Å². The van der Waals surface area contributed by atoms with Crippen LogP contribution in [0.1, 0.15) is 25.5 Å². The summed E-state index contributed by atoms with van der Waals surface area (Å²) in [5.41, 5.74) is 6.18. The highest BCUT2D eigenvalue weighted by atomic mass is 79.9. The number of hydrogen-bond donors (Lipinski definition) is 1. The van der Waals surface area contributed by atoms with Crippen molar-refractivity contribution in [3.63, 3.8) is 0 Å². The third kappa shape index (κ3) is 2.34. The summed E-state index contributed by atoms with van der Waals surface area (Å²) in [6.45, 7) is 3.77. The van der Waals surface area contributed by atoms with Crippen molar-refractivity contribution in [3.05, 3.63) is 39.8 Å². The van der Waals surface area contributed by atoms with Gasteiger partial charge in [0, 0.05) is 12.1 Å². The molecule has 19 heavy (non-hydrogen) atoms. The predicted octanol–water partition coefficient (Wildman–Crippen LogP) is 3.76. The number of hydrogen-bond acceptors (Lipinski definition) is 2. The molecule has 1 heterocycles. The van der Waals surface area contributed by atoms with Gasteiger partial charge in [0.2, 0.25) is 0 Å². The number of rotatable bonds is 2. The molecule has 0 atom stereocenters. The van der Waals surface area contributed by atoms with Gasteiger partial charge in [-0.05, 0) is 21.8 Å². The van der Waals surface area contributed by atoms with Gasteiger partial charge in [0.25, 0.3) is 0 Å². The summed E-state index contributed by atoms with van der Waals surface area (Å²) in [5.74, 6) is -3.17. The van der Waals surface area contributed by atoms with Crippen LogP contribution in [0.5, 0.6) is 0 Å². The first kappa shape index (κ1) is 13.9. The zero-order valence-electron chi connectivity index (χ0n) is 10.2. The lowest BCUT2D eigenvalue weighted by Gasteiger charge is -2.06. The van der Waals surface area contributed by atoms with Gasteiger partial charge in [-0.25, -0.2) is 17.9 Å². The Morgan fingerprint density at radius 3 is 2.26 bits per heavy atom. The minimum Gasteiger partial charge on any atom is -0.383 e. The molecule has 2 N–H and O–H groups in total. The molecular weight excluding hydrogens is 323 g/mol. The van der Waals surface area contributed by atoms with E-state index in [2.05, 4.69) is 21.0 Å². The third-order valence-electron chi connectivity index (χ3n) is 2.65. The summed E-state index contributed by atoms with van der Waals surface area (Å²) in [5, 5.41) is 4.13. The molecule has 1 aromatic carbocycles. The Balaban J connectivity index is 2.66. The molecule has 0 aliphatic carbocycles. The monoisotopic (exact) mass is 333 g/mol.